The quantitative estimate of drug-likeness (QED) is 0.704. The van der Waals surface area contributed by atoms with Crippen LogP contribution in [-0.2, 0) is 0 Å². The molecule has 15 heavy (non-hydrogen) atoms. The summed E-state index contributed by atoms with van der Waals surface area (Å²) in [6.45, 7) is 0.377. The Hall–Kier alpha value is -1.19. The van der Waals surface area contributed by atoms with Crippen molar-refractivity contribution in [3.05, 3.63) is 29.6 Å². The third kappa shape index (κ3) is 2.25. The van der Waals surface area contributed by atoms with Gasteiger partial charge < -0.3 is 4.74 Å². The van der Waals surface area contributed by atoms with E-state index in [0.29, 0.717) is 18.6 Å². The van der Waals surface area contributed by atoms with Crippen LogP contribution < -0.4 is 4.74 Å². The largest absolute Gasteiger partial charge is 0.490 e. The van der Waals surface area contributed by atoms with Crippen molar-refractivity contribution in [1.82, 2.24) is 0 Å². The van der Waals surface area contributed by atoms with E-state index in [1.807, 2.05) is 0 Å². The van der Waals surface area contributed by atoms with Crippen molar-refractivity contribution in [2.45, 2.75) is 19.3 Å². The molecule has 0 radical (unpaired) electrons. The molecule has 82 valence electrons. The second kappa shape index (κ2) is 4.13. The fraction of sp³-hybridized carbons (Fsp3) is 0.455. The maximum absolute atomic E-state index is 13.1. The maximum atomic E-state index is 13.1. The predicted molar refractivity (Wildman–Crippen MR) is 49.2 cm³/mol. The summed E-state index contributed by atoms with van der Waals surface area (Å²) in [5.41, 5.74) is 0. The molecule has 4 heteroatoms. The molecule has 0 amide bonds. The molecule has 0 atom stereocenters. The molecule has 1 fully saturated rings. The van der Waals surface area contributed by atoms with Crippen LogP contribution in [-0.4, -0.2) is 6.61 Å². The fourth-order valence-electron chi connectivity index (χ4n) is 1.48. The van der Waals surface area contributed by atoms with Crippen molar-refractivity contribution in [2.24, 2.45) is 5.92 Å². The summed E-state index contributed by atoms with van der Waals surface area (Å²) < 4.78 is 43.5. The molecule has 2 rings (SSSR count). The number of ether oxygens (including phenoxy) is 1. The van der Waals surface area contributed by atoms with Gasteiger partial charge in [-0.3, -0.25) is 0 Å². The Kier molecular flexibility index (Phi) is 2.84. The highest BCUT2D eigenvalue weighted by Gasteiger charge is 2.19. The van der Waals surface area contributed by atoms with Gasteiger partial charge in [-0.05, 0) is 18.8 Å². The Morgan fingerprint density at radius 1 is 1.07 bits per heavy atom. The normalized spacial score (nSPS) is 16.2. The molecule has 1 aliphatic carbocycles. The maximum Gasteiger partial charge on any atom is 0.168 e. The fourth-order valence-corrected chi connectivity index (χ4v) is 1.48. The third-order valence-corrected chi connectivity index (χ3v) is 2.67. The number of halogens is 3. The minimum atomic E-state index is -1.19. The summed E-state index contributed by atoms with van der Waals surface area (Å²) in [7, 11) is 0. The first-order valence-electron chi connectivity index (χ1n) is 4.94. The van der Waals surface area contributed by atoms with Crippen molar-refractivity contribution in [1.29, 1.82) is 0 Å². The molecular formula is C11H11F3O. The molecule has 0 heterocycles. The van der Waals surface area contributed by atoms with E-state index in [9.17, 15) is 13.2 Å². The number of benzene rings is 1. The zero-order valence-corrected chi connectivity index (χ0v) is 8.10. The highest BCUT2D eigenvalue weighted by Crippen LogP contribution is 2.28. The molecule has 1 aromatic rings. The van der Waals surface area contributed by atoms with Crippen LogP contribution in [0.2, 0.25) is 0 Å². The molecule has 0 aromatic heterocycles. The summed E-state index contributed by atoms with van der Waals surface area (Å²) >= 11 is 0. The van der Waals surface area contributed by atoms with Crippen molar-refractivity contribution in [3.63, 3.8) is 0 Å². The highest BCUT2D eigenvalue weighted by atomic mass is 19.2. The second-order valence-corrected chi connectivity index (χ2v) is 3.80. The summed E-state index contributed by atoms with van der Waals surface area (Å²) in [5, 5.41) is 0. The highest BCUT2D eigenvalue weighted by molar-refractivity contribution is 5.25. The summed E-state index contributed by atoms with van der Waals surface area (Å²) in [6, 6.07) is 1.26. The Morgan fingerprint density at radius 3 is 2.33 bits per heavy atom. The lowest BCUT2D eigenvalue weighted by Crippen LogP contribution is -2.19. The average molecular weight is 216 g/mol. The molecule has 1 saturated carbocycles. The molecule has 0 bridgehead atoms. The van der Waals surface area contributed by atoms with E-state index >= 15 is 0 Å². The van der Waals surface area contributed by atoms with Crippen molar-refractivity contribution >= 4 is 0 Å². The van der Waals surface area contributed by atoms with Crippen LogP contribution >= 0.6 is 0 Å². The van der Waals surface area contributed by atoms with Gasteiger partial charge in [0.15, 0.2) is 23.2 Å². The van der Waals surface area contributed by atoms with Gasteiger partial charge in [-0.1, -0.05) is 6.42 Å². The van der Waals surface area contributed by atoms with Gasteiger partial charge in [0.05, 0.1) is 6.61 Å². The molecule has 0 spiro atoms. The monoisotopic (exact) mass is 216 g/mol. The van der Waals surface area contributed by atoms with Gasteiger partial charge in [0, 0.05) is 12.1 Å². The van der Waals surface area contributed by atoms with E-state index in [1.165, 1.54) is 0 Å². The van der Waals surface area contributed by atoms with E-state index < -0.39 is 17.5 Å². The first-order chi connectivity index (χ1) is 7.16. The van der Waals surface area contributed by atoms with Crippen molar-refractivity contribution in [2.75, 3.05) is 6.61 Å². The minimum Gasteiger partial charge on any atom is -0.490 e. The molecular weight excluding hydrogens is 205 g/mol. The van der Waals surface area contributed by atoms with Crippen LogP contribution in [0.25, 0.3) is 0 Å². The summed E-state index contributed by atoms with van der Waals surface area (Å²) in [4.78, 5) is 0. The lowest BCUT2D eigenvalue weighted by atomic mass is 9.86. The van der Waals surface area contributed by atoms with Gasteiger partial charge in [0.25, 0.3) is 0 Å². The SMILES string of the molecule is Fc1cc(F)c(OCC2CCC2)cc1F. The number of hydrogen-bond acceptors (Lipinski definition) is 1. The van der Waals surface area contributed by atoms with Crippen LogP contribution in [0.15, 0.2) is 12.1 Å². The van der Waals surface area contributed by atoms with Gasteiger partial charge >= 0.3 is 0 Å². The standard InChI is InChI=1S/C11H11F3O/c12-8-4-10(14)11(5-9(8)13)15-6-7-2-1-3-7/h4-5,7H,1-3,6H2. The Bertz CT molecular complexity index is 361. The Balaban J connectivity index is 2.03. The minimum absolute atomic E-state index is 0.208. The van der Waals surface area contributed by atoms with Crippen LogP contribution in [0.4, 0.5) is 13.2 Å². The van der Waals surface area contributed by atoms with Gasteiger partial charge in [-0.2, -0.15) is 0 Å². The summed E-state index contributed by atoms with van der Waals surface area (Å²) in [6.07, 6.45) is 3.28. The lowest BCUT2D eigenvalue weighted by Gasteiger charge is -2.25. The first kappa shape index (κ1) is 10.3. The smallest absolute Gasteiger partial charge is 0.168 e. The van der Waals surface area contributed by atoms with Crippen LogP contribution in [0, 0.1) is 23.4 Å². The van der Waals surface area contributed by atoms with Crippen LogP contribution in [0.3, 0.4) is 0 Å². The molecule has 1 nitrogen and oxygen atoms in total. The average Bonchev–Trinajstić information content (AvgIpc) is 2.11. The van der Waals surface area contributed by atoms with Gasteiger partial charge in [0.1, 0.15) is 0 Å². The van der Waals surface area contributed by atoms with E-state index in [2.05, 4.69) is 0 Å². The molecule has 0 saturated heterocycles. The predicted octanol–water partition coefficient (Wildman–Crippen LogP) is 3.28. The van der Waals surface area contributed by atoms with E-state index in [1.54, 1.807) is 0 Å². The third-order valence-electron chi connectivity index (χ3n) is 2.67. The lowest BCUT2D eigenvalue weighted by molar-refractivity contribution is 0.174. The van der Waals surface area contributed by atoms with E-state index in [4.69, 9.17) is 4.74 Å². The Morgan fingerprint density at radius 2 is 1.73 bits per heavy atom. The summed E-state index contributed by atoms with van der Waals surface area (Å²) in [5.74, 6) is -2.91. The van der Waals surface area contributed by atoms with Gasteiger partial charge in [-0.25, -0.2) is 13.2 Å². The Labute approximate surface area is 85.9 Å². The van der Waals surface area contributed by atoms with E-state index in [-0.39, 0.29) is 5.75 Å². The molecule has 1 aromatic carbocycles. The number of rotatable bonds is 3. The molecule has 0 unspecified atom stereocenters. The number of hydrogen-bond donors (Lipinski definition) is 0. The van der Waals surface area contributed by atoms with Crippen molar-refractivity contribution < 1.29 is 17.9 Å². The molecule has 0 aliphatic heterocycles. The van der Waals surface area contributed by atoms with Gasteiger partial charge in [-0.15, -0.1) is 0 Å². The van der Waals surface area contributed by atoms with Crippen molar-refractivity contribution in [3.8, 4) is 5.75 Å². The molecule has 1 aliphatic rings. The van der Waals surface area contributed by atoms with Crippen LogP contribution in [0.5, 0.6) is 5.75 Å². The van der Waals surface area contributed by atoms with Gasteiger partial charge in [0.2, 0.25) is 0 Å². The zero-order valence-electron chi connectivity index (χ0n) is 8.10. The van der Waals surface area contributed by atoms with Crippen LogP contribution in [0.1, 0.15) is 19.3 Å². The zero-order chi connectivity index (χ0) is 10.8. The molecule has 0 N–H and O–H groups in total. The topological polar surface area (TPSA) is 9.23 Å². The second-order valence-electron chi connectivity index (χ2n) is 3.80. The van der Waals surface area contributed by atoms with E-state index in [0.717, 1.165) is 25.3 Å². The first-order valence-corrected chi connectivity index (χ1v) is 4.94.